The molecule has 0 unspecified atom stereocenters. The van der Waals surface area contributed by atoms with Gasteiger partial charge in [0.05, 0.1) is 11.4 Å². The number of nitrogens with one attached hydrogen (secondary N) is 1. The van der Waals surface area contributed by atoms with Gasteiger partial charge in [0.1, 0.15) is 0 Å². The monoisotopic (exact) mass is 427 g/mol. The van der Waals surface area contributed by atoms with Crippen LogP contribution in [-0.2, 0) is 21.2 Å². The molecule has 0 bridgehead atoms. The van der Waals surface area contributed by atoms with E-state index in [4.69, 9.17) is 0 Å². The van der Waals surface area contributed by atoms with Crippen molar-refractivity contribution in [3.05, 3.63) is 54.1 Å². The van der Waals surface area contributed by atoms with Crippen molar-refractivity contribution in [3.63, 3.8) is 0 Å². The highest BCUT2D eigenvalue weighted by molar-refractivity contribution is 7.89. The molecule has 4 rings (SSSR count). The number of fused-ring (bicyclic) bond motifs is 1. The molecule has 1 fully saturated rings. The summed E-state index contributed by atoms with van der Waals surface area (Å²) in [7, 11) is -3.45. The lowest BCUT2D eigenvalue weighted by molar-refractivity contribution is -0.117. The molecular formula is C23H29N3O3S. The van der Waals surface area contributed by atoms with Crippen molar-refractivity contribution in [1.82, 2.24) is 4.31 Å². The van der Waals surface area contributed by atoms with E-state index < -0.39 is 10.0 Å². The number of carbonyl (C=O) groups is 1. The van der Waals surface area contributed by atoms with Crippen molar-refractivity contribution in [2.24, 2.45) is 0 Å². The van der Waals surface area contributed by atoms with Crippen LogP contribution in [0.1, 0.15) is 37.7 Å². The maximum absolute atomic E-state index is 12.9. The van der Waals surface area contributed by atoms with E-state index in [1.165, 1.54) is 5.56 Å². The number of nitrogens with zero attached hydrogens (tertiary/aromatic N) is 2. The molecule has 0 atom stereocenters. The van der Waals surface area contributed by atoms with Crippen molar-refractivity contribution < 1.29 is 13.2 Å². The zero-order valence-electron chi connectivity index (χ0n) is 17.2. The van der Waals surface area contributed by atoms with Crippen LogP contribution in [0.5, 0.6) is 0 Å². The minimum absolute atomic E-state index is 0.0171. The van der Waals surface area contributed by atoms with Gasteiger partial charge in [-0.3, -0.25) is 4.79 Å². The average molecular weight is 428 g/mol. The van der Waals surface area contributed by atoms with Crippen molar-refractivity contribution in [3.8, 4) is 0 Å². The van der Waals surface area contributed by atoms with Gasteiger partial charge in [0, 0.05) is 31.0 Å². The molecule has 0 saturated carbocycles. The van der Waals surface area contributed by atoms with Gasteiger partial charge in [-0.05, 0) is 61.6 Å². The van der Waals surface area contributed by atoms with Crippen LogP contribution < -0.4 is 10.2 Å². The maximum atomic E-state index is 12.9. The fraction of sp³-hybridized carbons (Fsp3) is 0.435. The number of hydrogen-bond donors (Lipinski definition) is 1. The predicted octanol–water partition coefficient (Wildman–Crippen LogP) is 3.64. The Morgan fingerprint density at radius 2 is 1.57 bits per heavy atom. The summed E-state index contributed by atoms with van der Waals surface area (Å²) < 4.78 is 27.4. The largest absolute Gasteiger partial charge is 0.376 e. The van der Waals surface area contributed by atoms with E-state index in [9.17, 15) is 13.2 Å². The molecule has 2 heterocycles. The minimum Gasteiger partial charge on any atom is -0.376 e. The number of carbonyl (C=O) groups excluding carboxylic acids is 1. The lowest BCUT2D eigenvalue weighted by Crippen LogP contribution is -2.39. The quantitative estimate of drug-likeness (QED) is 0.791. The molecule has 0 radical (unpaired) electrons. The first-order chi connectivity index (χ1) is 14.6. The molecule has 2 aromatic carbocycles. The second-order valence-corrected chi connectivity index (χ2v) is 9.91. The van der Waals surface area contributed by atoms with Crippen molar-refractivity contribution in [1.29, 1.82) is 0 Å². The molecule has 2 aliphatic rings. The van der Waals surface area contributed by atoms with Gasteiger partial charge in [-0.1, -0.05) is 31.0 Å². The molecule has 1 saturated heterocycles. The molecule has 0 aromatic heterocycles. The van der Waals surface area contributed by atoms with Gasteiger partial charge in [-0.2, -0.15) is 4.31 Å². The van der Waals surface area contributed by atoms with Crippen LogP contribution in [0.3, 0.4) is 0 Å². The van der Waals surface area contributed by atoms with Crippen LogP contribution in [-0.4, -0.2) is 44.8 Å². The first-order valence-electron chi connectivity index (χ1n) is 10.8. The van der Waals surface area contributed by atoms with Crippen LogP contribution in [0.2, 0.25) is 0 Å². The number of hydrogen-bond acceptors (Lipinski definition) is 4. The zero-order valence-corrected chi connectivity index (χ0v) is 18.0. The van der Waals surface area contributed by atoms with Crippen molar-refractivity contribution in [2.75, 3.05) is 36.4 Å². The van der Waals surface area contributed by atoms with Crippen LogP contribution in [0, 0.1) is 0 Å². The van der Waals surface area contributed by atoms with Gasteiger partial charge in [-0.25, -0.2) is 8.42 Å². The highest BCUT2D eigenvalue weighted by Gasteiger charge is 2.25. The molecular weight excluding hydrogens is 398 g/mol. The summed E-state index contributed by atoms with van der Waals surface area (Å²) >= 11 is 0. The molecule has 0 aliphatic carbocycles. The third kappa shape index (κ3) is 4.52. The number of amides is 1. The summed E-state index contributed by atoms with van der Waals surface area (Å²) in [5, 5.41) is 3.14. The third-order valence-electron chi connectivity index (χ3n) is 5.91. The Bertz CT molecular complexity index is 981. The topological polar surface area (TPSA) is 69.7 Å². The van der Waals surface area contributed by atoms with Gasteiger partial charge >= 0.3 is 0 Å². The summed E-state index contributed by atoms with van der Waals surface area (Å²) in [5.74, 6) is 0.0171. The number of para-hydroxylation sites is 1. The molecule has 1 amide bonds. The molecule has 0 spiro atoms. The molecule has 6 nitrogen and oxygen atoms in total. The van der Waals surface area contributed by atoms with E-state index >= 15 is 0 Å². The van der Waals surface area contributed by atoms with Crippen molar-refractivity contribution >= 4 is 27.3 Å². The lowest BCUT2D eigenvalue weighted by atomic mass is 10.0. The van der Waals surface area contributed by atoms with Gasteiger partial charge in [0.2, 0.25) is 15.9 Å². The van der Waals surface area contributed by atoms with Gasteiger partial charge < -0.3 is 10.2 Å². The standard InChI is InChI=1S/C23H29N3O3S/c27-23(26-17-7-9-19-8-3-4-10-22(19)26)18-24-20-11-13-21(14-12-20)30(28,29)25-15-5-1-2-6-16-25/h3-4,8,10-14,24H,1-2,5-7,9,15-18H2. The normalized spacial score (nSPS) is 17.8. The number of anilines is 2. The Kier molecular flexibility index (Phi) is 6.39. The van der Waals surface area contributed by atoms with Crippen LogP contribution >= 0.6 is 0 Å². The molecule has 2 aliphatic heterocycles. The highest BCUT2D eigenvalue weighted by Crippen LogP contribution is 2.27. The fourth-order valence-corrected chi connectivity index (χ4v) is 5.76. The second kappa shape index (κ2) is 9.18. The van der Waals surface area contributed by atoms with Gasteiger partial charge in [0.25, 0.3) is 0 Å². The fourth-order valence-electron chi connectivity index (χ4n) is 4.24. The Labute approximate surface area is 178 Å². The van der Waals surface area contributed by atoms with Gasteiger partial charge in [-0.15, -0.1) is 0 Å². The number of aryl methyl sites for hydroxylation is 1. The Balaban J connectivity index is 1.39. The number of sulfonamides is 1. The number of rotatable bonds is 5. The molecule has 1 N–H and O–H groups in total. The van der Waals surface area contributed by atoms with E-state index in [1.807, 2.05) is 23.1 Å². The average Bonchev–Trinajstić information content (AvgIpc) is 3.08. The van der Waals surface area contributed by atoms with E-state index in [0.29, 0.717) is 18.0 Å². The van der Waals surface area contributed by atoms with Crippen LogP contribution in [0.15, 0.2) is 53.4 Å². The zero-order chi connectivity index (χ0) is 21.0. The molecule has 30 heavy (non-hydrogen) atoms. The summed E-state index contributed by atoms with van der Waals surface area (Å²) in [6.45, 7) is 2.08. The minimum atomic E-state index is -3.45. The second-order valence-electron chi connectivity index (χ2n) is 7.97. The van der Waals surface area contributed by atoms with E-state index in [0.717, 1.165) is 56.4 Å². The van der Waals surface area contributed by atoms with Gasteiger partial charge in [0.15, 0.2) is 0 Å². The summed E-state index contributed by atoms with van der Waals surface area (Å²) in [5.41, 5.74) is 2.94. The first kappa shape index (κ1) is 20.9. The van der Waals surface area contributed by atoms with Crippen LogP contribution in [0.4, 0.5) is 11.4 Å². The summed E-state index contributed by atoms with van der Waals surface area (Å²) in [6, 6.07) is 14.8. The molecule has 160 valence electrons. The van der Waals surface area contributed by atoms with E-state index in [1.54, 1.807) is 28.6 Å². The Morgan fingerprint density at radius 1 is 0.867 bits per heavy atom. The van der Waals surface area contributed by atoms with Crippen LogP contribution in [0.25, 0.3) is 0 Å². The third-order valence-corrected chi connectivity index (χ3v) is 7.83. The molecule has 7 heteroatoms. The Hall–Kier alpha value is -2.38. The smallest absolute Gasteiger partial charge is 0.246 e. The molecule has 2 aromatic rings. The van der Waals surface area contributed by atoms with E-state index in [-0.39, 0.29) is 12.5 Å². The first-order valence-corrected chi connectivity index (χ1v) is 12.2. The highest BCUT2D eigenvalue weighted by atomic mass is 32.2. The maximum Gasteiger partial charge on any atom is 0.246 e. The summed E-state index contributed by atoms with van der Waals surface area (Å²) in [4.78, 5) is 14.9. The Morgan fingerprint density at radius 3 is 2.30 bits per heavy atom. The van der Waals surface area contributed by atoms with Crippen molar-refractivity contribution in [2.45, 2.75) is 43.4 Å². The van der Waals surface area contributed by atoms with E-state index in [2.05, 4.69) is 11.4 Å². The lowest BCUT2D eigenvalue weighted by Gasteiger charge is -2.29. The summed E-state index contributed by atoms with van der Waals surface area (Å²) in [6.07, 6.45) is 5.97. The predicted molar refractivity (Wildman–Crippen MR) is 119 cm³/mol. The SMILES string of the molecule is O=C(CNc1ccc(S(=O)(=O)N2CCCCCC2)cc1)N1CCCc2ccccc21. The number of benzene rings is 2.